The summed E-state index contributed by atoms with van der Waals surface area (Å²) in [4.78, 5) is 18.0. The van der Waals surface area contributed by atoms with Crippen molar-refractivity contribution in [2.75, 3.05) is 11.9 Å². The van der Waals surface area contributed by atoms with Crippen LogP contribution in [0, 0.1) is 5.82 Å². The summed E-state index contributed by atoms with van der Waals surface area (Å²) in [5, 5.41) is 2.82. The van der Waals surface area contributed by atoms with Gasteiger partial charge in [-0.2, -0.15) is 0 Å². The van der Waals surface area contributed by atoms with E-state index in [1.54, 1.807) is 30.6 Å². The number of aromatic nitrogens is 1. The molecule has 0 unspecified atom stereocenters. The molecule has 0 atom stereocenters. The predicted molar refractivity (Wildman–Crippen MR) is 106 cm³/mol. The van der Waals surface area contributed by atoms with Crippen molar-refractivity contribution >= 4 is 23.4 Å². The molecular formula is C22H20FN3O. The average molecular weight is 361 g/mol. The van der Waals surface area contributed by atoms with E-state index in [0.717, 1.165) is 16.9 Å². The van der Waals surface area contributed by atoms with Crippen LogP contribution >= 0.6 is 0 Å². The maximum atomic E-state index is 13.1. The van der Waals surface area contributed by atoms with Gasteiger partial charge in [-0.1, -0.05) is 24.3 Å². The number of nitrogens with zero attached hydrogens (tertiary/aromatic N) is 2. The lowest BCUT2D eigenvalue weighted by molar-refractivity contribution is -0.116. The highest BCUT2D eigenvalue weighted by Gasteiger charge is 2.04. The summed E-state index contributed by atoms with van der Waals surface area (Å²) in [6.45, 7) is 0.422. The second kappa shape index (κ2) is 8.76. The summed E-state index contributed by atoms with van der Waals surface area (Å²) in [6, 6.07) is 17.9. The molecule has 0 saturated carbocycles. The van der Waals surface area contributed by atoms with Gasteiger partial charge in [-0.05, 0) is 53.6 Å². The molecule has 0 aliphatic rings. The van der Waals surface area contributed by atoms with Crippen LogP contribution in [-0.2, 0) is 11.3 Å². The fraction of sp³-hybridized carbons (Fsp3) is 0.0909. The zero-order valence-electron chi connectivity index (χ0n) is 15.0. The molecule has 2 aromatic carbocycles. The third-order valence-corrected chi connectivity index (χ3v) is 4.12. The Kier molecular flexibility index (Phi) is 5.94. The molecule has 0 aliphatic heterocycles. The van der Waals surface area contributed by atoms with Crippen molar-refractivity contribution in [2.24, 2.45) is 0 Å². The standard InChI is InChI=1S/C22H20FN3O/c1-26(21-11-13-24-14-12-21)20-8-5-18(6-9-20)16-25-22(27)10-7-17-3-2-4-19(23)15-17/h2-15H,16H2,1H3,(H,25,27)/b10-7+. The quantitative estimate of drug-likeness (QED) is 0.665. The van der Waals surface area contributed by atoms with Crippen molar-refractivity contribution in [1.82, 2.24) is 10.3 Å². The summed E-state index contributed by atoms with van der Waals surface area (Å²) in [7, 11) is 1.99. The first-order valence-corrected chi connectivity index (χ1v) is 8.56. The first kappa shape index (κ1) is 18.3. The number of hydrogen-bond donors (Lipinski definition) is 1. The number of halogens is 1. The molecule has 136 valence electrons. The Bertz CT molecular complexity index is 924. The van der Waals surface area contributed by atoms with Gasteiger partial charge in [0.1, 0.15) is 5.82 Å². The van der Waals surface area contributed by atoms with Crippen LogP contribution in [0.25, 0.3) is 6.08 Å². The Balaban J connectivity index is 1.55. The normalized spacial score (nSPS) is 10.7. The summed E-state index contributed by atoms with van der Waals surface area (Å²) < 4.78 is 13.1. The smallest absolute Gasteiger partial charge is 0.244 e. The zero-order chi connectivity index (χ0) is 19.1. The molecular weight excluding hydrogens is 341 g/mol. The number of carbonyl (C=O) groups is 1. The second-order valence-corrected chi connectivity index (χ2v) is 6.04. The van der Waals surface area contributed by atoms with Crippen LogP contribution < -0.4 is 10.2 Å². The average Bonchev–Trinajstić information content (AvgIpc) is 2.71. The minimum Gasteiger partial charge on any atom is -0.348 e. The SMILES string of the molecule is CN(c1ccncc1)c1ccc(CNC(=O)/C=C/c2cccc(F)c2)cc1. The topological polar surface area (TPSA) is 45.2 Å². The minimum atomic E-state index is -0.325. The van der Waals surface area contributed by atoms with Crippen molar-refractivity contribution < 1.29 is 9.18 Å². The van der Waals surface area contributed by atoms with Crippen LogP contribution in [0.3, 0.4) is 0 Å². The van der Waals surface area contributed by atoms with E-state index >= 15 is 0 Å². The Morgan fingerprint density at radius 3 is 2.48 bits per heavy atom. The molecule has 3 aromatic rings. The van der Waals surface area contributed by atoms with Crippen molar-refractivity contribution in [3.05, 3.63) is 96.1 Å². The minimum absolute atomic E-state index is 0.225. The first-order chi connectivity index (χ1) is 13.1. The van der Waals surface area contributed by atoms with Gasteiger partial charge in [0.25, 0.3) is 0 Å². The van der Waals surface area contributed by atoms with Crippen LogP contribution in [-0.4, -0.2) is 17.9 Å². The van der Waals surface area contributed by atoms with E-state index < -0.39 is 0 Å². The molecule has 1 amide bonds. The number of hydrogen-bond acceptors (Lipinski definition) is 3. The molecule has 0 saturated heterocycles. The number of nitrogens with one attached hydrogen (secondary N) is 1. The van der Waals surface area contributed by atoms with E-state index in [0.29, 0.717) is 12.1 Å². The van der Waals surface area contributed by atoms with E-state index in [9.17, 15) is 9.18 Å². The number of amides is 1. The number of rotatable bonds is 6. The molecule has 1 heterocycles. The number of anilines is 2. The fourth-order valence-corrected chi connectivity index (χ4v) is 2.58. The van der Waals surface area contributed by atoms with Gasteiger partial charge in [-0.15, -0.1) is 0 Å². The van der Waals surface area contributed by atoms with Crippen LogP contribution in [0.15, 0.2) is 79.1 Å². The number of carbonyl (C=O) groups excluding carboxylic acids is 1. The van der Waals surface area contributed by atoms with E-state index in [4.69, 9.17) is 0 Å². The van der Waals surface area contributed by atoms with Gasteiger partial charge in [0.2, 0.25) is 5.91 Å². The van der Waals surface area contributed by atoms with Gasteiger partial charge in [-0.25, -0.2) is 4.39 Å². The molecule has 27 heavy (non-hydrogen) atoms. The summed E-state index contributed by atoms with van der Waals surface area (Å²) in [5.74, 6) is -0.549. The lowest BCUT2D eigenvalue weighted by Crippen LogP contribution is -2.20. The molecule has 0 aliphatic carbocycles. The molecule has 0 bridgehead atoms. The maximum absolute atomic E-state index is 13.1. The Morgan fingerprint density at radius 1 is 1.07 bits per heavy atom. The van der Waals surface area contributed by atoms with Gasteiger partial charge in [0.05, 0.1) is 0 Å². The fourth-order valence-electron chi connectivity index (χ4n) is 2.58. The van der Waals surface area contributed by atoms with E-state index in [1.165, 1.54) is 18.2 Å². The molecule has 0 fully saturated rings. The highest BCUT2D eigenvalue weighted by molar-refractivity contribution is 5.91. The molecule has 3 rings (SSSR count). The Labute approximate surface area is 158 Å². The van der Waals surface area contributed by atoms with Crippen molar-refractivity contribution in [2.45, 2.75) is 6.54 Å². The molecule has 4 nitrogen and oxygen atoms in total. The maximum Gasteiger partial charge on any atom is 0.244 e. The zero-order valence-corrected chi connectivity index (χ0v) is 15.0. The lowest BCUT2D eigenvalue weighted by atomic mass is 10.2. The van der Waals surface area contributed by atoms with Gasteiger partial charge < -0.3 is 10.2 Å². The molecule has 5 heteroatoms. The third-order valence-electron chi connectivity index (χ3n) is 4.12. The third kappa shape index (κ3) is 5.25. The van der Waals surface area contributed by atoms with Gasteiger partial charge >= 0.3 is 0 Å². The number of pyridine rings is 1. The Morgan fingerprint density at radius 2 is 1.78 bits per heavy atom. The van der Waals surface area contributed by atoms with E-state index in [1.807, 2.05) is 43.4 Å². The first-order valence-electron chi connectivity index (χ1n) is 8.56. The molecule has 1 aromatic heterocycles. The Hall–Kier alpha value is -3.47. The second-order valence-electron chi connectivity index (χ2n) is 6.04. The molecule has 0 radical (unpaired) electrons. The largest absolute Gasteiger partial charge is 0.348 e. The van der Waals surface area contributed by atoms with Crippen LogP contribution in [0.1, 0.15) is 11.1 Å². The van der Waals surface area contributed by atoms with Gasteiger partial charge in [-0.3, -0.25) is 9.78 Å². The summed E-state index contributed by atoms with van der Waals surface area (Å²) in [5.41, 5.74) is 3.74. The van der Waals surface area contributed by atoms with Crippen LogP contribution in [0.4, 0.5) is 15.8 Å². The van der Waals surface area contributed by atoms with Crippen LogP contribution in [0.2, 0.25) is 0 Å². The molecule has 0 spiro atoms. The van der Waals surface area contributed by atoms with Crippen molar-refractivity contribution in [3.8, 4) is 0 Å². The monoisotopic (exact) mass is 361 g/mol. The summed E-state index contributed by atoms with van der Waals surface area (Å²) >= 11 is 0. The highest BCUT2D eigenvalue weighted by atomic mass is 19.1. The number of benzene rings is 2. The predicted octanol–water partition coefficient (Wildman–Crippen LogP) is 4.32. The van der Waals surface area contributed by atoms with Gasteiger partial charge in [0, 0.05) is 43.4 Å². The van der Waals surface area contributed by atoms with E-state index in [2.05, 4.69) is 15.2 Å². The van der Waals surface area contributed by atoms with Crippen LogP contribution in [0.5, 0.6) is 0 Å². The van der Waals surface area contributed by atoms with E-state index in [-0.39, 0.29) is 11.7 Å². The summed E-state index contributed by atoms with van der Waals surface area (Å²) in [6.07, 6.45) is 6.51. The lowest BCUT2D eigenvalue weighted by Gasteiger charge is -2.19. The highest BCUT2D eigenvalue weighted by Crippen LogP contribution is 2.22. The van der Waals surface area contributed by atoms with Crippen molar-refractivity contribution in [1.29, 1.82) is 0 Å². The van der Waals surface area contributed by atoms with Crippen molar-refractivity contribution in [3.63, 3.8) is 0 Å². The van der Waals surface area contributed by atoms with Gasteiger partial charge in [0.15, 0.2) is 0 Å². The molecule has 1 N–H and O–H groups in total.